The Bertz CT molecular complexity index is 1020. The highest BCUT2D eigenvalue weighted by molar-refractivity contribution is 8.13. The van der Waals surface area contributed by atoms with E-state index in [-0.39, 0.29) is 23.6 Å². The number of nitrogens with zero attached hydrogens (tertiary/aromatic N) is 2. The van der Waals surface area contributed by atoms with Gasteiger partial charge in [-0.05, 0) is 54.8 Å². The molecule has 27 heavy (non-hydrogen) atoms. The molecule has 0 amide bonds. The van der Waals surface area contributed by atoms with Gasteiger partial charge in [-0.25, -0.2) is 8.42 Å². The minimum Gasteiger partial charge on any atom is -0.315 e. The van der Waals surface area contributed by atoms with Crippen molar-refractivity contribution in [1.29, 1.82) is 0 Å². The Labute approximate surface area is 169 Å². The molecule has 0 aromatic heterocycles. The van der Waals surface area contributed by atoms with E-state index in [0.29, 0.717) is 0 Å². The molecular weight excluding hydrogens is 400 g/mol. The lowest BCUT2D eigenvalue weighted by atomic mass is 10.1. The first-order valence-corrected chi connectivity index (χ1v) is 12.0. The average Bonchev–Trinajstić information content (AvgIpc) is 3.07. The van der Waals surface area contributed by atoms with E-state index < -0.39 is 9.84 Å². The molecule has 2 aliphatic rings. The summed E-state index contributed by atoms with van der Waals surface area (Å²) >= 11 is 7.73. The van der Waals surface area contributed by atoms with Gasteiger partial charge in [0.15, 0.2) is 15.0 Å². The number of anilines is 1. The second kappa shape index (κ2) is 7.15. The van der Waals surface area contributed by atoms with Gasteiger partial charge in [0, 0.05) is 16.5 Å². The monoisotopic (exact) mass is 420 g/mol. The van der Waals surface area contributed by atoms with Gasteiger partial charge < -0.3 is 4.90 Å². The van der Waals surface area contributed by atoms with Gasteiger partial charge in [-0.15, -0.1) is 0 Å². The van der Waals surface area contributed by atoms with Crippen LogP contribution in [0, 0.1) is 13.8 Å². The second-order valence-corrected chi connectivity index (χ2v) is 10.7. The number of hydrogen-bond donors (Lipinski definition) is 0. The molecule has 7 heteroatoms. The fourth-order valence-corrected chi connectivity index (χ4v) is 6.71. The maximum Gasteiger partial charge on any atom is 0.164 e. The highest BCUT2D eigenvalue weighted by Crippen LogP contribution is 2.36. The summed E-state index contributed by atoms with van der Waals surface area (Å²) in [6.07, 6.45) is 0. The van der Waals surface area contributed by atoms with Crippen LogP contribution in [0.5, 0.6) is 0 Å². The summed E-state index contributed by atoms with van der Waals surface area (Å²) in [6, 6.07) is 13.8. The Kier molecular flexibility index (Phi) is 4.99. The Morgan fingerprint density at radius 1 is 1.15 bits per heavy atom. The number of fused-ring (bicyclic) bond motifs is 1. The van der Waals surface area contributed by atoms with Crippen LogP contribution < -0.4 is 4.90 Å². The van der Waals surface area contributed by atoms with Crippen LogP contribution in [0.15, 0.2) is 47.5 Å². The molecule has 0 N–H and O–H groups in total. The predicted octanol–water partition coefficient (Wildman–Crippen LogP) is 4.23. The van der Waals surface area contributed by atoms with Gasteiger partial charge in [-0.2, -0.15) is 0 Å². The Morgan fingerprint density at radius 3 is 2.70 bits per heavy atom. The van der Waals surface area contributed by atoms with Gasteiger partial charge in [0.25, 0.3) is 0 Å². The summed E-state index contributed by atoms with van der Waals surface area (Å²) < 4.78 is 24.3. The van der Waals surface area contributed by atoms with Crippen molar-refractivity contribution in [3.05, 3.63) is 64.2 Å². The lowest BCUT2D eigenvalue weighted by Gasteiger charge is -2.27. The molecule has 0 bridgehead atoms. The van der Waals surface area contributed by atoms with Crippen molar-refractivity contribution >= 4 is 44.1 Å². The molecule has 2 aliphatic heterocycles. The largest absolute Gasteiger partial charge is 0.315 e. The number of aryl methyl sites for hydroxylation is 2. The van der Waals surface area contributed by atoms with E-state index >= 15 is 0 Å². The van der Waals surface area contributed by atoms with E-state index in [1.807, 2.05) is 24.3 Å². The SMILES string of the molecule is Cc1ccc(N2C(SCc3cccc(Cl)c3)=N[C@H]3CS(=O)(=O)C[C@H]32)cc1C. The molecule has 0 spiro atoms. The standard InChI is InChI=1S/C20H21ClN2O2S2/c1-13-6-7-17(8-14(13)2)23-19-12-27(24,25)11-18(19)22-20(23)26-10-15-4-3-5-16(21)9-15/h3-9,18-19H,10-12H2,1-2H3/t18-,19+/m0/s1. The molecule has 2 atom stereocenters. The van der Waals surface area contributed by atoms with Crippen LogP contribution in [0.2, 0.25) is 5.02 Å². The molecular formula is C20H21ClN2O2S2. The average molecular weight is 421 g/mol. The molecule has 2 aromatic carbocycles. The third-order valence-corrected chi connectivity index (χ3v) is 8.11. The van der Waals surface area contributed by atoms with E-state index in [4.69, 9.17) is 16.6 Å². The molecule has 1 saturated heterocycles. The van der Waals surface area contributed by atoms with Gasteiger partial charge in [0.1, 0.15) is 0 Å². The van der Waals surface area contributed by atoms with Gasteiger partial charge in [-0.1, -0.05) is 41.6 Å². The second-order valence-electron chi connectivity index (χ2n) is 7.18. The molecule has 2 aromatic rings. The highest BCUT2D eigenvalue weighted by atomic mass is 35.5. The fraction of sp³-hybridized carbons (Fsp3) is 0.350. The zero-order chi connectivity index (χ0) is 19.2. The zero-order valence-corrected chi connectivity index (χ0v) is 17.6. The summed E-state index contributed by atoms with van der Waals surface area (Å²) in [5.74, 6) is 1.04. The van der Waals surface area contributed by atoms with Crippen LogP contribution >= 0.6 is 23.4 Å². The molecule has 0 aliphatic carbocycles. The lowest BCUT2D eigenvalue weighted by molar-refractivity contribution is 0.601. The van der Waals surface area contributed by atoms with Crippen LogP contribution in [-0.4, -0.2) is 37.2 Å². The van der Waals surface area contributed by atoms with Gasteiger partial charge in [0.05, 0.1) is 23.6 Å². The van der Waals surface area contributed by atoms with Gasteiger partial charge in [-0.3, -0.25) is 4.99 Å². The lowest BCUT2D eigenvalue weighted by Crippen LogP contribution is -2.39. The Balaban J connectivity index is 1.64. The number of hydrogen-bond acceptors (Lipinski definition) is 5. The first-order valence-electron chi connectivity index (χ1n) is 8.84. The molecule has 0 unspecified atom stereocenters. The van der Waals surface area contributed by atoms with Crippen LogP contribution in [0.1, 0.15) is 16.7 Å². The van der Waals surface area contributed by atoms with E-state index in [1.165, 1.54) is 11.1 Å². The third-order valence-electron chi connectivity index (χ3n) is 5.13. The summed E-state index contributed by atoms with van der Waals surface area (Å²) in [7, 11) is -3.04. The topological polar surface area (TPSA) is 49.7 Å². The summed E-state index contributed by atoms with van der Waals surface area (Å²) in [4.78, 5) is 6.91. The van der Waals surface area contributed by atoms with Crippen molar-refractivity contribution in [3.8, 4) is 0 Å². The van der Waals surface area contributed by atoms with E-state index in [0.717, 1.165) is 27.2 Å². The van der Waals surface area contributed by atoms with E-state index in [1.54, 1.807) is 11.8 Å². The molecule has 0 radical (unpaired) electrons. The maximum atomic E-state index is 12.1. The van der Waals surface area contributed by atoms with Gasteiger partial charge in [0.2, 0.25) is 0 Å². The van der Waals surface area contributed by atoms with Gasteiger partial charge >= 0.3 is 0 Å². The van der Waals surface area contributed by atoms with Crippen molar-refractivity contribution < 1.29 is 8.42 Å². The predicted molar refractivity (Wildman–Crippen MR) is 115 cm³/mol. The number of sulfone groups is 1. The summed E-state index contributed by atoms with van der Waals surface area (Å²) in [5.41, 5.74) is 4.55. The molecule has 2 heterocycles. The molecule has 4 nitrogen and oxygen atoms in total. The smallest absolute Gasteiger partial charge is 0.164 e. The van der Waals surface area contributed by atoms with Crippen LogP contribution in [0.3, 0.4) is 0 Å². The minimum atomic E-state index is -3.04. The van der Waals surface area contributed by atoms with E-state index in [2.05, 4.69) is 36.9 Å². The Hall–Kier alpha value is -1.50. The fourth-order valence-electron chi connectivity index (χ4n) is 3.59. The first kappa shape index (κ1) is 18.8. The first-order chi connectivity index (χ1) is 12.8. The number of amidine groups is 1. The van der Waals surface area contributed by atoms with E-state index in [9.17, 15) is 8.42 Å². The number of thioether (sulfide) groups is 1. The molecule has 4 rings (SSSR count). The summed E-state index contributed by atoms with van der Waals surface area (Å²) in [6.45, 7) is 4.16. The van der Waals surface area contributed by atoms with Crippen molar-refractivity contribution in [1.82, 2.24) is 0 Å². The summed E-state index contributed by atoms with van der Waals surface area (Å²) in [5, 5.41) is 1.61. The van der Waals surface area contributed by atoms with Crippen LogP contribution in [0.25, 0.3) is 0 Å². The quantitative estimate of drug-likeness (QED) is 0.745. The number of rotatable bonds is 3. The Morgan fingerprint density at radius 2 is 1.96 bits per heavy atom. The highest BCUT2D eigenvalue weighted by Gasteiger charge is 2.47. The van der Waals surface area contributed by atoms with Crippen molar-refractivity contribution in [2.45, 2.75) is 31.7 Å². The maximum absolute atomic E-state index is 12.1. The normalized spacial score (nSPS) is 23.4. The number of benzene rings is 2. The van der Waals surface area contributed by atoms with Crippen LogP contribution in [0.4, 0.5) is 5.69 Å². The zero-order valence-electron chi connectivity index (χ0n) is 15.2. The molecule has 142 valence electrons. The van der Waals surface area contributed by atoms with Crippen molar-refractivity contribution in [2.24, 2.45) is 4.99 Å². The number of halogens is 1. The van der Waals surface area contributed by atoms with Crippen molar-refractivity contribution in [2.75, 3.05) is 16.4 Å². The number of aliphatic imine (C=N–C) groups is 1. The minimum absolute atomic E-state index is 0.112. The third kappa shape index (κ3) is 3.89. The van der Waals surface area contributed by atoms with Crippen molar-refractivity contribution in [3.63, 3.8) is 0 Å². The van der Waals surface area contributed by atoms with Crippen LogP contribution in [-0.2, 0) is 15.6 Å². The molecule has 0 saturated carbocycles. The molecule has 1 fully saturated rings.